The van der Waals surface area contributed by atoms with Crippen molar-refractivity contribution in [1.82, 2.24) is 4.90 Å². The molecular formula is C17H27ClN2O3. The van der Waals surface area contributed by atoms with E-state index in [0.29, 0.717) is 32.2 Å². The number of carbonyl (C=O) groups excluding carboxylic acids is 1. The Labute approximate surface area is 144 Å². The van der Waals surface area contributed by atoms with E-state index in [1.807, 2.05) is 18.2 Å². The summed E-state index contributed by atoms with van der Waals surface area (Å²) in [5, 5.41) is 0. The van der Waals surface area contributed by atoms with Crippen LogP contribution in [0.25, 0.3) is 0 Å². The Morgan fingerprint density at radius 1 is 1.30 bits per heavy atom. The van der Waals surface area contributed by atoms with Crippen LogP contribution in [0.1, 0.15) is 12.0 Å². The maximum Gasteiger partial charge on any atom is 0.248 e. The highest BCUT2D eigenvalue weighted by Gasteiger charge is 2.18. The minimum absolute atomic E-state index is 0. The van der Waals surface area contributed by atoms with E-state index in [9.17, 15) is 4.79 Å². The Balaban J connectivity index is 0.00000264. The second-order valence-corrected chi connectivity index (χ2v) is 5.65. The summed E-state index contributed by atoms with van der Waals surface area (Å²) in [6.45, 7) is 3.99. The van der Waals surface area contributed by atoms with Gasteiger partial charge in [0, 0.05) is 32.2 Å². The summed E-state index contributed by atoms with van der Waals surface area (Å²) < 4.78 is 10.8. The Kier molecular flexibility index (Phi) is 9.87. The van der Waals surface area contributed by atoms with Crippen molar-refractivity contribution in [3.8, 4) is 0 Å². The first-order chi connectivity index (χ1) is 10.8. The number of ether oxygens (including phenoxy) is 2. The number of hydrogen-bond donors (Lipinski definition) is 1. The van der Waals surface area contributed by atoms with E-state index in [1.54, 1.807) is 4.90 Å². The summed E-state index contributed by atoms with van der Waals surface area (Å²) in [6, 6.07) is 10.2. The van der Waals surface area contributed by atoms with Crippen molar-refractivity contribution in [2.75, 3.05) is 46.1 Å². The number of halogens is 1. The molecule has 1 amide bonds. The second-order valence-electron chi connectivity index (χ2n) is 5.65. The lowest BCUT2D eigenvalue weighted by Crippen LogP contribution is -2.39. The van der Waals surface area contributed by atoms with Crippen LogP contribution in [-0.2, 0) is 20.7 Å². The van der Waals surface area contributed by atoms with Gasteiger partial charge >= 0.3 is 0 Å². The van der Waals surface area contributed by atoms with Gasteiger partial charge in [0.15, 0.2) is 0 Å². The minimum atomic E-state index is 0. The molecule has 1 fully saturated rings. The molecule has 1 saturated heterocycles. The lowest BCUT2D eigenvalue weighted by Gasteiger charge is -2.22. The van der Waals surface area contributed by atoms with Crippen molar-refractivity contribution in [1.29, 1.82) is 0 Å². The predicted octanol–water partition coefficient (Wildman–Crippen LogP) is 1.49. The fourth-order valence-electron chi connectivity index (χ4n) is 2.54. The highest BCUT2D eigenvalue weighted by atomic mass is 35.5. The Hall–Kier alpha value is -1.14. The second kappa shape index (κ2) is 11.4. The molecule has 1 aliphatic heterocycles. The van der Waals surface area contributed by atoms with E-state index in [1.165, 1.54) is 5.56 Å². The van der Waals surface area contributed by atoms with Gasteiger partial charge in [-0.2, -0.15) is 0 Å². The van der Waals surface area contributed by atoms with Crippen molar-refractivity contribution >= 4 is 18.3 Å². The molecule has 2 N–H and O–H groups in total. The average Bonchev–Trinajstić information content (AvgIpc) is 3.05. The third-order valence-corrected chi connectivity index (χ3v) is 3.87. The minimum Gasteiger partial charge on any atom is -0.381 e. The van der Waals surface area contributed by atoms with Crippen LogP contribution < -0.4 is 5.73 Å². The fourth-order valence-corrected chi connectivity index (χ4v) is 2.54. The van der Waals surface area contributed by atoms with Crippen molar-refractivity contribution in [3.05, 3.63) is 35.9 Å². The van der Waals surface area contributed by atoms with Crippen molar-refractivity contribution in [2.45, 2.75) is 12.8 Å². The molecule has 23 heavy (non-hydrogen) atoms. The van der Waals surface area contributed by atoms with Gasteiger partial charge in [0.25, 0.3) is 0 Å². The molecule has 130 valence electrons. The Morgan fingerprint density at radius 2 is 2.09 bits per heavy atom. The van der Waals surface area contributed by atoms with Crippen molar-refractivity contribution < 1.29 is 14.3 Å². The number of hydrogen-bond acceptors (Lipinski definition) is 4. The van der Waals surface area contributed by atoms with Gasteiger partial charge in [0.05, 0.1) is 13.2 Å². The number of carbonyl (C=O) groups is 1. The molecule has 1 heterocycles. The van der Waals surface area contributed by atoms with Crippen LogP contribution in [0.3, 0.4) is 0 Å². The fraction of sp³-hybridized carbons (Fsp3) is 0.588. The Morgan fingerprint density at radius 3 is 2.74 bits per heavy atom. The summed E-state index contributed by atoms with van der Waals surface area (Å²) in [6.07, 6.45) is 1.86. The van der Waals surface area contributed by atoms with E-state index in [-0.39, 0.29) is 24.9 Å². The van der Waals surface area contributed by atoms with Crippen LogP contribution in [0.5, 0.6) is 0 Å². The monoisotopic (exact) mass is 342 g/mol. The lowest BCUT2D eigenvalue weighted by molar-refractivity contribution is -0.136. The van der Waals surface area contributed by atoms with Gasteiger partial charge in [-0.1, -0.05) is 30.3 Å². The zero-order valence-electron chi connectivity index (χ0n) is 13.5. The molecule has 0 radical (unpaired) electrons. The van der Waals surface area contributed by atoms with Crippen LogP contribution in [0.2, 0.25) is 0 Å². The number of amides is 1. The Bertz CT molecular complexity index is 439. The molecule has 1 aromatic carbocycles. The first-order valence-corrected chi connectivity index (χ1v) is 7.97. The van der Waals surface area contributed by atoms with Crippen LogP contribution in [0, 0.1) is 5.92 Å². The molecule has 1 aliphatic rings. The van der Waals surface area contributed by atoms with E-state index in [0.717, 1.165) is 26.1 Å². The molecule has 1 aromatic rings. The first-order valence-electron chi connectivity index (χ1n) is 7.97. The van der Waals surface area contributed by atoms with Crippen LogP contribution in [0.15, 0.2) is 30.3 Å². The summed E-state index contributed by atoms with van der Waals surface area (Å²) in [5.41, 5.74) is 6.84. The lowest BCUT2D eigenvalue weighted by atomic mass is 10.1. The molecular weight excluding hydrogens is 316 g/mol. The summed E-state index contributed by atoms with van der Waals surface area (Å²) in [5.74, 6) is 0.445. The van der Waals surface area contributed by atoms with E-state index < -0.39 is 0 Å². The van der Waals surface area contributed by atoms with E-state index >= 15 is 0 Å². The van der Waals surface area contributed by atoms with Gasteiger partial charge in [-0.05, 0) is 18.4 Å². The normalized spacial score (nSPS) is 16.8. The molecule has 0 bridgehead atoms. The van der Waals surface area contributed by atoms with Gasteiger partial charge in [0.1, 0.15) is 6.61 Å². The molecule has 0 aliphatic carbocycles. The zero-order chi connectivity index (χ0) is 15.6. The molecule has 6 heteroatoms. The molecule has 5 nitrogen and oxygen atoms in total. The highest BCUT2D eigenvalue weighted by Crippen LogP contribution is 2.12. The maximum absolute atomic E-state index is 12.2. The summed E-state index contributed by atoms with van der Waals surface area (Å²) >= 11 is 0. The third-order valence-electron chi connectivity index (χ3n) is 3.87. The third kappa shape index (κ3) is 7.31. The standard InChI is InChI=1S/C17H26N2O3.ClH/c18-8-10-19(9-6-15-4-2-1-3-5-15)17(20)14-22-13-16-7-11-21-12-16;/h1-5,16H,6-14,18H2;1H. The summed E-state index contributed by atoms with van der Waals surface area (Å²) in [4.78, 5) is 14.0. The smallest absolute Gasteiger partial charge is 0.248 e. The molecule has 0 spiro atoms. The number of nitrogens with two attached hydrogens (primary N) is 1. The largest absolute Gasteiger partial charge is 0.381 e. The number of benzene rings is 1. The van der Waals surface area contributed by atoms with Gasteiger partial charge in [0.2, 0.25) is 5.91 Å². The van der Waals surface area contributed by atoms with Crippen LogP contribution in [0.4, 0.5) is 0 Å². The number of rotatable bonds is 9. The van der Waals surface area contributed by atoms with Gasteiger partial charge in [-0.15, -0.1) is 12.4 Å². The SMILES string of the molecule is Cl.NCCN(CCc1ccccc1)C(=O)COCC1CCOC1. The van der Waals surface area contributed by atoms with Crippen molar-refractivity contribution in [2.24, 2.45) is 11.7 Å². The van der Waals surface area contributed by atoms with Crippen LogP contribution in [-0.4, -0.2) is 56.9 Å². The molecule has 0 saturated carbocycles. The zero-order valence-corrected chi connectivity index (χ0v) is 14.3. The molecule has 1 atom stereocenters. The summed E-state index contributed by atoms with van der Waals surface area (Å²) in [7, 11) is 0. The molecule has 0 aromatic heterocycles. The number of nitrogens with zero attached hydrogens (tertiary/aromatic N) is 1. The van der Waals surface area contributed by atoms with E-state index in [2.05, 4.69) is 12.1 Å². The van der Waals surface area contributed by atoms with Gasteiger partial charge in [-0.25, -0.2) is 0 Å². The van der Waals surface area contributed by atoms with E-state index in [4.69, 9.17) is 15.2 Å². The molecule has 1 unspecified atom stereocenters. The maximum atomic E-state index is 12.2. The van der Waals surface area contributed by atoms with Crippen LogP contribution >= 0.6 is 12.4 Å². The topological polar surface area (TPSA) is 64.8 Å². The predicted molar refractivity (Wildman–Crippen MR) is 92.8 cm³/mol. The van der Waals surface area contributed by atoms with Crippen molar-refractivity contribution in [3.63, 3.8) is 0 Å². The first kappa shape index (κ1) is 19.9. The van der Waals surface area contributed by atoms with Gasteiger partial charge in [-0.3, -0.25) is 4.79 Å². The average molecular weight is 343 g/mol. The van der Waals surface area contributed by atoms with Gasteiger partial charge < -0.3 is 20.1 Å². The quantitative estimate of drug-likeness (QED) is 0.738. The molecule has 2 rings (SSSR count). The highest BCUT2D eigenvalue weighted by molar-refractivity contribution is 5.85.